The number of hydrogen-bond donors (Lipinski definition) is 0. The summed E-state index contributed by atoms with van der Waals surface area (Å²) in [6, 6.07) is 0. The van der Waals surface area contributed by atoms with E-state index in [4.69, 9.17) is 0 Å². The lowest BCUT2D eigenvalue weighted by molar-refractivity contribution is -0.138. The van der Waals surface area contributed by atoms with Crippen LogP contribution in [0.15, 0.2) is 11.6 Å². The monoisotopic (exact) mass is 195 g/mol. The molecule has 0 aromatic heterocycles. The van der Waals surface area contributed by atoms with Gasteiger partial charge in [0.05, 0.1) is 0 Å². The van der Waals surface area contributed by atoms with E-state index < -0.39 is 5.97 Å². The second-order valence-electron chi connectivity index (χ2n) is 4.15. The van der Waals surface area contributed by atoms with Crippen molar-refractivity contribution in [3.05, 3.63) is 11.6 Å². The van der Waals surface area contributed by atoms with Gasteiger partial charge >= 0.3 is 5.97 Å². The van der Waals surface area contributed by atoms with Crippen molar-refractivity contribution in [3.63, 3.8) is 0 Å². The summed E-state index contributed by atoms with van der Waals surface area (Å²) in [5.41, 5.74) is 0.511. The number of unbranched alkanes of at least 4 members (excludes halogenated alkanes) is 2. The van der Waals surface area contributed by atoms with Crippen LogP contribution in [-0.2, 0) is 9.90 Å². The van der Waals surface area contributed by atoms with E-state index in [1.165, 1.54) is 25.7 Å². The third-order valence-corrected chi connectivity index (χ3v) is 3.00. The predicted molar refractivity (Wildman–Crippen MR) is 55.3 cm³/mol. The molecule has 0 aliphatic heterocycles. The van der Waals surface area contributed by atoms with Crippen LogP contribution in [0.4, 0.5) is 0 Å². The van der Waals surface area contributed by atoms with Crippen LogP contribution in [0, 0.1) is 5.92 Å². The normalized spacial score (nSPS) is 21.8. The molecule has 1 unspecified atom stereocenters. The highest BCUT2D eigenvalue weighted by Crippen LogP contribution is 2.27. The second-order valence-corrected chi connectivity index (χ2v) is 4.15. The summed E-state index contributed by atoms with van der Waals surface area (Å²) in [5, 5.41) is 10.5. The first-order valence-corrected chi connectivity index (χ1v) is 5.64. The largest absolute Gasteiger partial charge is 0.382 e. The van der Waals surface area contributed by atoms with Crippen LogP contribution >= 0.6 is 0 Å². The summed E-state index contributed by atoms with van der Waals surface area (Å²) in [6.45, 7) is 2.20. The molecule has 0 N–H and O–H groups in total. The lowest BCUT2D eigenvalue weighted by Gasteiger charge is -2.19. The zero-order chi connectivity index (χ0) is 10.4. The van der Waals surface area contributed by atoms with E-state index in [2.05, 4.69) is 6.92 Å². The Balaban J connectivity index is 2.24. The molecule has 2 heteroatoms. The SMILES string of the molecule is CCCCCC1CC=C(C([O])=O)CC1. The van der Waals surface area contributed by atoms with Gasteiger partial charge in [0, 0.05) is 5.57 Å². The van der Waals surface area contributed by atoms with Crippen LogP contribution in [-0.4, -0.2) is 5.97 Å². The molecule has 79 valence electrons. The van der Waals surface area contributed by atoms with E-state index in [0.29, 0.717) is 17.9 Å². The molecule has 0 bridgehead atoms. The number of carbonyl (C=O) groups excluding carboxylic acids is 1. The first kappa shape index (κ1) is 11.3. The lowest BCUT2D eigenvalue weighted by Crippen LogP contribution is -2.10. The Morgan fingerprint density at radius 1 is 1.50 bits per heavy atom. The Kier molecular flexibility index (Phi) is 4.71. The molecule has 0 spiro atoms. The van der Waals surface area contributed by atoms with Crippen molar-refractivity contribution in [1.29, 1.82) is 0 Å². The minimum atomic E-state index is -0.975. The van der Waals surface area contributed by atoms with E-state index in [1.807, 2.05) is 6.08 Å². The smallest absolute Gasteiger partial charge is 0.242 e. The molecule has 0 amide bonds. The topological polar surface area (TPSA) is 37.0 Å². The second kappa shape index (κ2) is 5.84. The van der Waals surface area contributed by atoms with Crippen LogP contribution in [0.25, 0.3) is 0 Å². The van der Waals surface area contributed by atoms with Gasteiger partial charge in [-0.15, -0.1) is 0 Å². The van der Waals surface area contributed by atoms with Gasteiger partial charge in [-0.3, -0.25) is 0 Å². The maximum absolute atomic E-state index is 10.5. The summed E-state index contributed by atoms with van der Waals surface area (Å²) in [4.78, 5) is 10.5. The van der Waals surface area contributed by atoms with Crippen LogP contribution in [0.1, 0.15) is 51.9 Å². The van der Waals surface area contributed by atoms with Crippen LogP contribution < -0.4 is 0 Å². The molecule has 1 atom stereocenters. The highest BCUT2D eigenvalue weighted by molar-refractivity contribution is 5.86. The minimum absolute atomic E-state index is 0.511. The Hall–Kier alpha value is -0.790. The zero-order valence-corrected chi connectivity index (χ0v) is 8.92. The van der Waals surface area contributed by atoms with Crippen LogP contribution in [0.3, 0.4) is 0 Å². The summed E-state index contributed by atoms with van der Waals surface area (Å²) in [5.74, 6) is -0.262. The Labute approximate surface area is 86.0 Å². The van der Waals surface area contributed by atoms with Crippen molar-refractivity contribution in [2.45, 2.75) is 51.9 Å². The van der Waals surface area contributed by atoms with E-state index in [0.717, 1.165) is 12.8 Å². The van der Waals surface area contributed by atoms with Gasteiger partial charge < -0.3 is 0 Å². The molecule has 1 radical (unpaired) electrons. The van der Waals surface area contributed by atoms with Crippen molar-refractivity contribution in [3.8, 4) is 0 Å². The van der Waals surface area contributed by atoms with Gasteiger partial charge in [0.25, 0.3) is 0 Å². The Morgan fingerprint density at radius 2 is 2.29 bits per heavy atom. The number of allylic oxidation sites excluding steroid dienone is 1. The third kappa shape index (κ3) is 3.52. The van der Waals surface area contributed by atoms with Gasteiger partial charge in [0.15, 0.2) is 0 Å². The van der Waals surface area contributed by atoms with Gasteiger partial charge in [0.2, 0.25) is 0 Å². The fraction of sp³-hybridized carbons (Fsp3) is 0.750. The average Bonchev–Trinajstić information content (AvgIpc) is 2.19. The molecule has 0 heterocycles. The maximum atomic E-state index is 10.5. The lowest BCUT2D eigenvalue weighted by atomic mass is 9.86. The number of carbonyl (C=O) groups is 1. The van der Waals surface area contributed by atoms with Crippen molar-refractivity contribution in [1.82, 2.24) is 0 Å². The molecule has 1 aliphatic rings. The van der Waals surface area contributed by atoms with E-state index in [9.17, 15) is 9.90 Å². The molecule has 0 saturated heterocycles. The molecule has 1 rings (SSSR count). The molecular formula is C12H19O2. The molecule has 0 fully saturated rings. The van der Waals surface area contributed by atoms with Crippen molar-refractivity contribution >= 4 is 5.97 Å². The first-order chi connectivity index (χ1) is 6.74. The quantitative estimate of drug-likeness (QED) is 0.620. The number of hydrogen-bond acceptors (Lipinski definition) is 1. The average molecular weight is 195 g/mol. The van der Waals surface area contributed by atoms with Crippen LogP contribution in [0.5, 0.6) is 0 Å². The van der Waals surface area contributed by atoms with Gasteiger partial charge in [-0.2, -0.15) is 0 Å². The molecule has 0 aromatic rings. The fourth-order valence-electron chi connectivity index (χ4n) is 2.02. The molecule has 1 aliphatic carbocycles. The molecule has 2 nitrogen and oxygen atoms in total. The molecular weight excluding hydrogens is 176 g/mol. The zero-order valence-electron chi connectivity index (χ0n) is 8.92. The summed E-state index contributed by atoms with van der Waals surface area (Å²) >= 11 is 0. The van der Waals surface area contributed by atoms with Crippen molar-refractivity contribution < 1.29 is 9.90 Å². The minimum Gasteiger partial charge on any atom is -0.242 e. The van der Waals surface area contributed by atoms with Gasteiger partial charge in [-0.25, -0.2) is 9.90 Å². The third-order valence-electron chi connectivity index (χ3n) is 3.00. The summed E-state index contributed by atoms with van der Waals surface area (Å²) < 4.78 is 0. The van der Waals surface area contributed by atoms with E-state index >= 15 is 0 Å². The van der Waals surface area contributed by atoms with Crippen molar-refractivity contribution in [2.75, 3.05) is 0 Å². The maximum Gasteiger partial charge on any atom is 0.382 e. The first-order valence-electron chi connectivity index (χ1n) is 5.64. The Bertz CT molecular complexity index is 218. The van der Waals surface area contributed by atoms with E-state index in [-0.39, 0.29) is 0 Å². The highest BCUT2D eigenvalue weighted by Gasteiger charge is 2.18. The summed E-state index contributed by atoms with van der Waals surface area (Å²) in [7, 11) is 0. The Morgan fingerprint density at radius 3 is 2.79 bits per heavy atom. The summed E-state index contributed by atoms with van der Waals surface area (Å²) in [6.07, 6.45) is 9.63. The highest BCUT2D eigenvalue weighted by atomic mass is 16.4. The van der Waals surface area contributed by atoms with Crippen LogP contribution in [0.2, 0.25) is 0 Å². The van der Waals surface area contributed by atoms with Gasteiger partial charge in [-0.1, -0.05) is 38.7 Å². The molecule has 14 heavy (non-hydrogen) atoms. The number of rotatable bonds is 5. The van der Waals surface area contributed by atoms with Crippen molar-refractivity contribution in [2.24, 2.45) is 5.92 Å². The van der Waals surface area contributed by atoms with Gasteiger partial charge in [0.1, 0.15) is 0 Å². The predicted octanol–water partition coefficient (Wildman–Crippen LogP) is 3.25. The standard InChI is InChI=1S/C12H19O2/c1-2-3-4-5-10-6-8-11(9-7-10)12(13)14/h8,10H,2-7,9H2,1H3. The molecule has 0 aromatic carbocycles. The molecule has 0 saturated carbocycles. The van der Waals surface area contributed by atoms with Gasteiger partial charge in [-0.05, 0) is 25.2 Å². The fourth-order valence-corrected chi connectivity index (χ4v) is 2.02. The van der Waals surface area contributed by atoms with E-state index in [1.54, 1.807) is 0 Å².